The van der Waals surface area contributed by atoms with Crippen LogP contribution in [-0.4, -0.2) is 11.9 Å². The molecule has 0 radical (unpaired) electrons. The van der Waals surface area contributed by atoms with Crippen LogP contribution >= 0.6 is 0 Å². The first-order valence-corrected chi connectivity index (χ1v) is 6.07. The Bertz CT molecular complexity index is 565. The molecular weight excluding hydrogens is 246 g/mol. The van der Waals surface area contributed by atoms with Gasteiger partial charge in [-0.1, -0.05) is 0 Å². The van der Waals surface area contributed by atoms with E-state index in [9.17, 15) is 9.59 Å². The van der Waals surface area contributed by atoms with Crippen molar-refractivity contribution in [1.82, 2.24) is 5.32 Å². The van der Waals surface area contributed by atoms with Crippen LogP contribution in [0.1, 0.15) is 29.5 Å². The molecule has 0 aromatic carbocycles. The van der Waals surface area contributed by atoms with E-state index in [1.54, 1.807) is 6.26 Å². The van der Waals surface area contributed by atoms with E-state index in [1.165, 1.54) is 12.1 Å². The minimum absolute atomic E-state index is 0.00419. The Kier molecular flexibility index (Phi) is 4.18. The van der Waals surface area contributed by atoms with Crippen LogP contribution in [0.2, 0.25) is 0 Å². The Morgan fingerprint density at radius 3 is 2.79 bits per heavy atom. The minimum atomic E-state index is -0.470. The lowest BCUT2D eigenvalue weighted by Crippen LogP contribution is -2.33. The molecule has 1 N–H and O–H groups in total. The highest BCUT2D eigenvalue weighted by Crippen LogP contribution is 2.06. The van der Waals surface area contributed by atoms with Crippen LogP contribution in [0, 0.1) is 0 Å². The van der Waals surface area contributed by atoms with Gasteiger partial charge >= 0.3 is 5.63 Å². The van der Waals surface area contributed by atoms with Crippen LogP contribution in [0.15, 0.2) is 50.4 Å². The zero-order valence-electron chi connectivity index (χ0n) is 10.6. The first-order valence-electron chi connectivity index (χ1n) is 6.07. The summed E-state index contributed by atoms with van der Waals surface area (Å²) in [5.41, 5.74) is -0.133. The zero-order chi connectivity index (χ0) is 13.7. The summed E-state index contributed by atoms with van der Waals surface area (Å²) in [5.74, 6) is 0.641. The Balaban J connectivity index is 1.84. The van der Waals surface area contributed by atoms with Crippen molar-refractivity contribution in [2.24, 2.45) is 0 Å². The lowest BCUT2D eigenvalue weighted by Gasteiger charge is -2.12. The minimum Gasteiger partial charge on any atom is -0.469 e. The third kappa shape index (κ3) is 3.84. The molecule has 5 heteroatoms. The third-order valence-corrected chi connectivity index (χ3v) is 2.74. The van der Waals surface area contributed by atoms with E-state index in [-0.39, 0.29) is 11.9 Å². The fourth-order valence-corrected chi connectivity index (χ4v) is 1.68. The van der Waals surface area contributed by atoms with Gasteiger partial charge in [-0.05, 0) is 31.5 Å². The second-order valence-corrected chi connectivity index (χ2v) is 4.34. The molecule has 5 nitrogen and oxygen atoms in total. The van der Waals surface area contributed by atoms with Crippen LogP contribution in [0.4, 0.5) is 0 Å². The molecule has 0 saturated carbocycles. The van der Waals surface area contributed by atoms with Gasteiger partial charge in [0.25, 0.3) is 5.91 Å². The molecule has 2 aromatic rings. The predicted octanol–water partition coefficient (Wildman–Crippen LogP) is 1.98. The van der Waals surface area contributed by atoms with Crippen LogP contribution in [0.3, 0.4) is 0 Å². The number of carbonyl (C=O) groups is 1. The summed E-state index contributed by atoms with van der Waals surface area (Å²) < 4.78 is 9.87. The van der Waals surface area contributed by atoms with Crippen molar-refractivity contribution in [1.29, 1.82) is 0 Å². The van der Waals surface area contributed by atoms with Gasteiger partial charge in [-0.25, -0.2) is 4.79 Å². The monoisotopic (exact) mass is 261 g/mol. The van der Waals surface area contributed by atoms with Gasteiger partial charge in [0.2, 0.25) is 0 Å². The highest BCUT2D eigenvalue weighted by Gasteiger charge is 2.11. The first kappa shape index (κ1) is 13.1. The first-order chi connectivity index (χ1) is 9.15. The average molecular weight is 261 g/mol. The molecule has 0 fully saturated rings. The lowest BCUT2D eigenvalue weighted by molar-refractivity contribution is 0.0935. The van der Waals surface area contributed by atoms with Gasteiger partial charge in [0, 0.05) is 18.5 Å². The van der Waals surface area contributed by atoms with Crippen molar-refractivity contribution in [3.63, 3.8) is 0 Å². The Morgan fingerprint density at radius 1 is 1.32 bits per heavy atom. The fraction of sp³-hybridized carbons (Fsp3) is 0.286. The topological polar surface area (TPSA) is 72.5 Å². The van der Waals surface area contributed by atoms with Gasteiger partial charge in [-0.3, -0.25) is 4.79 Å². The van der Waals surface area contributed by atoms with Crippen LogP contribution in [-0.2, 0) is 6.42 Å². The van der Waals surface area contributed by atoms with Crippen molar-refractivity contribution >= 4 is 5.91 Å². The van der Waals surface area contributed by atoms with Crippen molar-refractivity contribution in [2.75, 3.05) is 0 Å². The molecule has 1 amide bonds. The molecule has 2 heterocycles. The Labute approximate surface area is 110 Å². The second kappa shape index (κ2) is 6.04. The van der Waals surface area contributed by atoms with Gasteiger partial charge < -0.3 is 14.2 Å². The van der Waals surface area contributed by atoms with Gasteiger partial charge in [-0.15, -0.1) is 0 Å². The number of hydrogen-bond donors (Lipinski definition) is 1. The summed E-state index contributed by atoms with van der Waals surface area (Å²) in [7, 11) is 0. The molecule has 2 aromatic heterocycles. The van der Waals surface area contributed by atoms with Gasteiger partial charge in [0.1, 0.15) is 12.0 Å². The van der Waals surface area contributed by atoms with Crippen LogP contribution in [0.5, 0.6) is 0 Å². The molecule has 0 aliphatic carbocycles. The number of rotatable bonds is 5. The molecule has 1 atom stereocenters. The molecule has 0 aliphatic heterocycles. The summed E-state index contributed by atoms with van der Waals surface area (Å²) in [5, 5.41) is 2.84. The number of hydrogen-bond acceptors (Lipinski definition) is 4. The van der Waals surface area contributed by atoms with E-state index in [0.717, 1.165) is 24.9 Å². The quantitative estimate of drug-likeness (QED) is 0.893. The van der Waals surface area contributed by atoms with Crippen LogP contribution < -0.4 is 10.9 Å². The van der Waals surface area contributed by atoms with E-state index in [4.69, 9.17) is 4.42 Å². The second-order valence-electron chi connectivity index (χ2n) is 4.34. The summed E-state index contributed by atoms with van der Waals surface area (Å²) in [6.07, 6.45) is 4.33. The maximum atomic E-state index is 11.8. The smallest absolute Gasteiger partial charge is 0.335 e. The number of aryl methyl sites for hydroxylation is 1. The van der Waals surface area contributed by atoms with E-state index < -0.39 is 5.63 Å². The highest BCUT2D eigenvalue weighted by atomic mass is 16.4. The molecule has 19 heavy (non-hydrogen) atoms. The predicted molar refractivity (Wildman–Crippen MR) is 68.9 cm³/mol. The van der Waals surface area contributed by atoms with Gasteiger partial charge in [-0.2, -0.15) is 0 Å². The third-order valence-electron chi connectivity index (χ3n) is 2.74. The Hall–Kier alpha value is -2.30. The summed E-state index contributed by atoms with van der Waals surface area (Å²) in [4.78, 5) is 22.6. The van der Waals surface area contributed by atoms with Crippen molar-refractivity contribution in [3.05, 3.63) is 58.5 Å². The van der Waals surface area contributed by atoms with Gasteiger partial charge in [0.15, 0.2) is 0 Å². The maximum Gasteiger partial charge on any atom is 0.335 e. The number of furan rings is 1. The Morgan fingerprint density at radius 2 is 2.16 bits per heavy atom. The van der Waals surface area contributed by atoms with Crippen molar-refractivity contribution in [2.45, 2.75) is 25.8 Å². The number of nitrogens with one attached hydrogen (secondary N) is 1. The highest BCUT2D eigenvalue weighted by molar-refractivity contribution is 5.93. The maximum absolute atomic E-state index is 11.8. The lowest BCUT2D eigenvalue weighted by atomic mass is 10.1. The molecule has 0 unspecified atom stereocenters. The molecular formula is C14H15NO4. The summed E-state index contributed by atoms with van der Waals surface area (Å²) >= 11 is 0. The number of amides is 1. The molecule has 0 bridgehead atoms. The average Bonchev–Trinajstić information content (AvgIpc) is 2.90. The number of carbonyl (C=O) groups excluding carboxylic acids is 1. The summed E-state index contributed by atoms with van der Waals surface area (Å²) in [6.45, 7) is 1.92. The SMILES string of the molecule is C[C@H](CCc1ccco1)NC(=O)c1ccc(=O)oc1. The normalized spacial score (nSPS) is 12.1. The molecule has 100 valence electrons. The molecule has 0 spiro atoms. The largest absolute Gasteiger partial charge is 0.469 e. The molecule has 0 aliphatic rings. The van der Waals surface area contributed by atoms with E-state index >= 15 is 0 Å². The summed E-state index contributed by atoms with van der Waals surface area (Å²) in [6, 6.07) is 6.41. The van der Waals surface area contributed by atoms with Crippen molar-refractivity contribution in [3.8, 4) is 0 Å². The van der Waals surface area contributed by atoms with E-state index in [0.29, 0.717) is 5.56 Å². The van der Waals surface area contributed by atoms with Crippen LogP contribution in [0.25, 0.3) is 0 Å². The van der Waals surface area contributed by atoms with Crippen molar-refractivity contribution < 1.29 is 13.6 Å². The molecule has 2 rings (SSSR count). The zero-order valence-corrected chi connectivity index (χ0v) is 10.6. The fourth-order valence-electron chi connectivity index (χ4n) is 1.68. The van der Waals surface area contributed by atoms with E-state index in [2.05, 4.69) is 9.73 Å². The molecule has 0 saturated heterocycles. The van der Waals surface area contributed by atoms with E-state index in [1.807, 2.05) is 19.1 Å². The van der Waals surface area contributed by atoms with Gasteiger partial charge in [0.05, 0.1) is 11.8 Å². The standard InChI is InChI=1S/C14H15NO4/c1-10(4-6-12-3-2-8-18-12)15-14(17)11-5-7-13(16)19-9-11/h2-3,5,7-10H,4,6H2,1H3,(H,15,17)/t10-/m1/s1.